The monoisotopic (exact) mass is 380 g/mol. The minimum atomic E-state index is -0.00665. The molecule has 0 saturated carbocycles. The van der Waals surface area contributed by atoms with Gasteiger partial charge >= 0.3 is 0 Å². The van der Waals surface area contributed by atoms with Gasteiger partial charge in [0.25, 0.3) is 0 Å². The van der Waals surface area contributed by atoms with E-state index in [2.05, 4.69) is 42.3 Å². The molecule has 0 atom stereocenters. The van der Waals surface area contributed by atoms with Crippen LogP contribution in [0.2, 0.25) is 0 Å². The molecule has 2 aromatic carbocycles. The zero-order valence-electron chi connectivity index (χ0n) is 17.0. The van der Waals surface area contributed by atoms with Gasteiger partial charge in [-0.05, 0) is 42.5 Å². The second-order valence-corrected chi connectivity index (χ2v) is 8.13. The van der Waals surface area contributed by atoms with E-state index >= 15 is 0 Å². The molecular weight excluding hydrogens is 348 g/mol. The molecule has 0 amide bonds. The molecule has 0 aromatic heterocycles. The largest absolute Gasteiger partial charge is 0.489 e. The molecule has 1 saturated heterocycles. The number of hydrogen-bond acceptors (Lipinski definition) is 3. The SMILES string of the molecule is CC(C)(CN)CN=C(Nc1cccc(OCc2ccccc2)c1)N1CCCC1. The molecule has 0 aliphatic carbocycles. The van der Waals surface area contributed by atoms with Crippen LogP contribution in [0.5, 0.6) is 5.75 Å². The Morgan fingerprint density at radius 3 is 2.57 bits per heavy atom. The summed E-state index contributed by atoms with van der Waals surface area (Å²) >= 11 is 0. The maximum absolute atomic E-state index is 5.96. The molecule has 1 heterocycles. The molecule has 3 rings (SSSR count). The first-order chi connectivity index (χ1) is 13.6. The molecule has 1 fully saturated rings. The number of rotatable bonds is 7. The van der Waals surface area contributed by atoms with Gasteiger partial charge in [-0.3, -0.25) is 4.99 Å². The van der Waals surface area contributed by atoms with Crippen LogP contribution in [0, 0.1) is 5.41 Å². The predicted octanol–water partition coefficient (Wildman–Crippen LogP) is 4.11. The molecular formula is C23H32N4O. The summed E-state index contributed by atoms with van der Waals surface area (Å²) in [4.78, 5) is 7.20. The van der Waals surface area contributed by atoms with E-state index in [-0.39, 0.29) is 5.41 Å². The van der Waals surface area contributed by atoms with Gasteiger partial charge in [-0.25, -0.2) is 0 Å². The maximum Gasteiger partial charge on any atom is 0.198 e. The van der Waals surface area contributed by atoms with Crippen molar-refractivity contribution >= 4 is 11.6 Å². The highest BCUT2D eigenvalue weighted by molar-refractivity contribution is 5.94. The molecule has 2 aromatic rings. The van der Waals surface area contributed by atoms with Crippen LogP contribution in [0.4, 0.5) is 5.69 Å². The van der Waals surface area contributed by atoms with Crippen molar-refractivity contribution in [1.29, 1.82) is 0 Å². The van der Waals surface area contributed by atoms with Crippen molar-refractivity contribution in [3.8, 4) is 5.75 Å². The second-order valence-electron chi connectivity index (χ2n) is 8.13. The Morgan fingerprint density at radius 2 is 1.86 bits per heavy atom. The lowest BCUT2D eigenvalue weighted by Crippen LogP contribution is -2.36. The second kappa shape index (κ2) is 9.60. The van der Waals surface area contributed by atoms with Crippen molar-refractivity contribution < 1.29 is 4.74 Å². The highest BCUT2D eigenvalue weighted by Gasteiger charge is 2.20. The Hall–Kier alpha value is -2.53. The Bertz CT molecular complexity index is 767. The van der Waals surface area contributed by atoms with Gasteiger partial charge in [-0.1, -0.05) is 50.2 Å². The summed E-state index contributed by atoms with van der Waals surface area (Å²) in [6, 6.07) is 18.3. The van der Waals surface area contributed by atoms with Crippen molar-refractivity contribution in [2.75, 3.05) is 31.5 Å². The highest BCUT2D eigenvalue weighted by Crippen LogP contribution is 2.21. The summed E-state index contributed by atoms with van der Waals surface area (Å²) in [5, 5.41) is 3.51. The van der Waals surface area contributed by atoms with Crippen molar-refractivity contribution in [3.05, 3.63) is 60.2 Å². The molecule has 0 bridgehead atoms. The molecule has 28 heavy (non-hydrogen) atoms. The lowest BCUT2D eigenvalue weighted by Gasteiger charge is -2.25. The fourth-order valence-corrected chi connectivity index (χ4v) is 3.03. The number of likely N-dealkylation sites (tertiary alicyclic amines) is 1. The lowest BCUT2D eigenvalue weighted by molar-refractivity contribution is 0.306. The van der Waals surface area contributed by atoms with Crippen LogP contribution in [0.25, 0.3) is 0 Å². The Morgan fingerprint density at radius 1 is 1.11 bits per heavy atom. The standard InChI is InChI=1S/C23H32N4O/c1-23(2,17-24)18-25-22(27-13-6-7-14-27)26-20-11-8-12-21(15-20)28-16-19-9-4-3-5-10-19/h3-5,8-12,15H,6-7,13-14,16-18,24H2,1-2H3,(H,25,26). The number of ether oxygens (including phenoxy) is 1. The van der Waals surface area contributed by atoms with Gasteiger partial charge in [0.05, 0.1) is 0 Å². The Labute approximate surface area is 168 Å². The average molecular weight is 381 g/mol. The number of guanidine groups is 1. The number of anilines is 1. The number of hydrogen-bond donors (Lipinski definition) is 2. The Kier molecular flexibility index (Phi) is 6.93. The molecule has 5 heteroatoms. The fraction of sp³-hybridized carbons (Fsp3) is 0.435. The minimum absolute atomic E-state index is 0.00665. The van der Waals surface area contributed by atoms with Crippen LogP contribution in [-0.2, 0) is 6.61 Å². The minimum Gasteiger partial charge on any atom is -0.489 e. The van der Waals surface area contributed by atoms with Gasteiger partial charge in [-0.2, -0.15) is 0 Å². The van der Waals surface area contributed by atoms with Crippen LogP contribution >= 0.6 is 0 Å². The normalized spacial score (nSPS) is 15.0. The van der Waals surface area contributed by atoms with E-state index in [4.69, 9.17) is 15.5 Å². The molecule has 3 N–H and O–H groups in total. The molecule has 150 valence electrons. The van der Waals surface area contributed by atoms with Crippen molar-refractivity contribution in [1.82, 2.24) is 4.90 Å². The third-order valence-electron chi connectivity index (χ3n) is 4.95. The number of nitrogens with two attached hydrogens (primary N) is 1. The van der Waals surface area contributed by atoms with Gasteiger partial charge < -0.3 is 20.7 Å². The van der Waals surface area contributed by atoms with Crippen LogP contribution in [0.15, 0.2) is 59.6 Å². The summed E-state index contributed by atoms with van der Waals surface area (Å²) in [6.45, 7) is 8.26. The van der Waals surface area contributed by atoms with E-state index in [9.17, 15) is 0 Å². The van der Waals surface area contributed by atoms with Gasteiger partial charge in [0.15, 0.2) is 5.96 Å². The van der Waals surface area contributed by atoms with Gasteiger partial charge in [0.1, 0.15) is 12.4 Å². The van der Waals surface area contributed by atoms with E-state index in [1.54, 1.807) is 0 Å². The van der Waals surface area contributed by atoms with E-state index in [1.807, 2.05) is 36.4 Å². The van der Waals surface area contributed by atoms with Crippen molar-refractivity contribution in [2.45, 2.75) is 33.3 Å². The van der Waals surface area contributed by atoms with Crippen LogP contribution < -0.4 is 15.8 Å². The zero-order valence-corrected chi connectivity index (χ0v) is 17.0. The smallest absolute Gasteiger partial charge is 0.198 e. The maximum atomic E-state index is 5.96. The first-order valence-corrected chi connectivity index (χ1v) is 10.1. The van der Waals surface area contributed by atoms with E-state index < -0.39 is 0 Å². The Balaban J connectivity index is 1.68. The molecule has 1 aliphatic heterocycles. The summed E-state index contributed by atoms with van der Waals surface area (Å²) in [5.41, 5.74) is 8.02. The molecule has 0 spiro atoms. The van der Waals surface area contributed by atoms with Gasteiger partial charge in [0.2, 0.25) is 0 Å². The number of benzene rings is 2. The van der Waals surface area contributed by atoms with Crippen molar-refractivity contribution in [2.24, 2.45) is 16.1 Å². The lowest BCUT2D eigenvalue weighted by atomic mass is 9.94. The topological polar surface area (TPSA) is 62.9 Å². The first kappa shape index (κ1) is 20.2. The zero-order chi connectivity index (χ0) is 19.8. The number of aliphatic imine (C=N–C) groups is 1. The summed E-state index contributed by atoms with van der Waals surface area (Å²) in [6.07, 6.45) is 2.42. The van der Waals surface area contributed by atoms with E-state index in [1.165, 1.54) is 12.8 Å². The third kappa shape index (κ3) is 5.99. The van der Waals surface area contributed by atoms with E-state index in [0.29, 0.717) is 19.7 Å². The molecule has 0 unspecified atom stereocenters. The summed E-state index contributed by atoms with van der Waals surface area (Å²) < 4.78 is 5.96. The van der Waals surface area contributed by atoms with E-state index in [0.717, 1.165) is 36.0 Å². The molecule has 0 radical (unpaired) electrons. The summed E-state index contributed by atoms with van der Waals surface area (Å²) in [5.74, 6) is 1.77. The highest BCUT2D eigenvalue weighted by atomic mass is 16.5. The predicted molar refractivity (Wildman–Crippen MR) is 117 cm³/mol. The van der Waals surface area contributed by atoms with Crippen LogP contribution in [0.1, 0.15) is 32.3 Å². The first-order valence-electron chi connectivity index (χ1n) is 10.1. The molecule has 5 nitrogen and oxygen atoms in total. The third-order valence-corrected chi connectivity index (χ3v) is 4.95. The van der Waals surface area contributed by atoms with Gasteiger partial charge in [0, 0.05) is 31.4 Å². The van der Waals surface area contributed by atoms with Crippen LogP contribution in [-0.4, -0.2) is 37.0 Å². The summed E-state index contributed by atoms with van der Waals surface area (Å²) in [7, 11) is 0. The quantitative estimate of drug-likeness (QED) is 0.560. The van der Waals surface area contributed by atoms with Gasteiger partial charge in [-0.15, -0.1) is 0 Å². The van der Waals surface area contributed by atoms with Crippen molar-refractivity contribution in [3.63, 3.8) is 0 Å². The van der Waals surface area contributed by atoms with Crippen LogP contribution in [0.3, 0.4) is 0 Å². The average Bonchev–Trinajstić information content (AvgIpc) is 3.25. The fourth-order valence-electron chi connectivity index (χ4n) is 3.03. The molecule has 1 aliphatic rings. The number of nitrogens with zero attached hydrogens (tertiary/aromatic N) is 2. The number of nitrogens with one attached hydrogen (secondary N) is 1.